The second-order valence-corrected chi connectivity index (χ2v) is 2.77. The smallest absolute Gasteiger partial charge is 0.157 e. The van der Waals surface area contributed by atoms with Crippen molar-refractivity contribution in [2.75, 3.05) is 13.2 Å². The van der Waals surface area contributed by atoms with Crippen molar-refractivity contribution in [2.24, 2.45) is 0 Å². The van der Waals surface area contributed by atoms with Crippen molar-refractivity contribution < 1.29 is 9.47 Å². The van der Waals surface area contributed by atoms with Crippen molar-refractivity contribution in [3.05, 3.63) is 24.8 Å². The van der Waals surface area contributed by atoms with Crippen molar-refractivity contribution in [3.8, 4) is 0 Å². The van der Waals surface area contributed by atoms with E-state index in [4.69, 9.17) is 9.47 Å². The first-order valence-electron chi connectivity index (χ1n) is 4.44. The summed E-state index contributed by atoms with van der Waals surface area (Å²) < 4.78 is 10.6. The maximum Gasteiger partial charge on any atom is 0.157 e. The summed E-state index contributed by atoms with van der Waals surface area (Å²) in [5.74, 6) is 0. The molecule has 0 saturated carbocycles. The lowest BCUT2D eigenvalue weighted by atomic mass is 10.2. The van der Waals surface area contributed by atoms with Gasteiger partial charge in [0.15, 0.2) is 6.29 Å². The summed E-state index contributed by atoms with van der Waals surface area (Å²) in [5.41, 5.74) is 0. The third-order valence-corrected chi connectivity index (χ3v) is 1.77. The van der Waals surface area contributed by atoms with Gasteiger partial charge in [-0.15, -0.1) is 0 Å². The van der Waals surface area contributed by atoms with Crippen LogP contribution in [0.3, 0.4) is 0 Å². The van der Waals surface area contributed by atoms with E-state index in [1.165, 1.54) is 0 Å². The predicted molar refractivity (Wildman–Crippen MR) is 48.9 cm³/mol. The Labute approximate surface area is 73.9 Å². The normalized spacial score (nSPS) is 19.0. The quantitative estimate of drug-likeness (QED) is 0.463. The van der Waals surface area contributed by atoms with Crippen LogP contribution in [-0.4, -0.2) is 19.5 Å². The number of rotatable bonds is 5. The van der Waals surface area contributed by atoms with E-state index in [0.717, 1.165) is 32.5 Å². The van der Waals surface area contributed by atoms with Crippen molar-refractivity contribution in [3.63, 3.8) is 0 Å². The molecule has 0 atom stereocenters. The molecule has 2 heteroatoms. The van der Waals surface area contributed by atoms with Crippen molar-refractivity contribution in [2.45, 2.75) is 25.6 Å². The molecular formula is C10H16O2. The summed E-state index contributed by atoms with van der Waals surface area (Å²) in [5, 5.41) is 0. The highest BCUT2D eigenvalue weighted by molar-refractivity contribution is 4.96. The van der Waals surface area contributed by atoms with Crippen LogP contribution in [0.25, 0.3) is 0 Å². The highest BCUT2D eigenvalue weighted by atomic mass is 16.7. The van der Waals surface area contributed by atoms with Crippen molar-refractivity contribution in [1.29, 1.82) is 0 Å². The molecule has 68 valence electrons. The van der Waals surface area contributed by atoms with Gasteiger partial charge in [0, 0.05) is 0 Å². The molecule has 0 unspecified atom stereocenters. The highest BCUT2D eigenvalue weighted by Crippen LogP contribution is 2.11. The fraction of sp³-hybridized carbons (Fsp3) is 0.600. The largest absolute Gasteiger partial charge is 0.350 e. The van der Waals surface area contributed by atoms with E-state index in [-0.39, 0.29) is 6.29 Å². The van der Waals surface area contributed by atoms with Crippen LogP contribution < -0.4 is 0 Å². The van der Waals surface area contributed by atoms with Gasteiger partial charge in [-0.3, -0.25) is 0 Å². The van der Waals surface area contributed by atoms with E-state index in [1.807, 2.05) is 6.08 Å². The molecule has 0 N–H and O–H groups in total. The van der Waals surface area contributed by atoms with Gasteiger partial charge in [0.05, 0.1) is 13.2 Å². The molecule has 1 rings (SSSR count). The Bertz CT molecular complexity index is 146. The van der Waals surface area contributed by atoms with Crippen LogP contribution in [0.15, 0.2) is 24.8 Å². The zero-order valence-electron chi connectivity index (χ0n) is 7.37. The lowest BCUT2D eigenvalue weighted by Crippen LogP contribution is -2.06. The Morgan fingerprint density at radius 3 is 2.75 bits per heavy atom. The molecule has 0 aromatic heterocycles. The van der Waals surface area contributed by atoms with Gasteiger partial charge in [0.1, 0.15) is 0 Å². The monoisotopic (exact) mass is 168 g/mol. The zero-order chi connectivity index (χ0) is 8.65. The number of unbranched alkanes of at least 4 members (excludes halogenated alkanes) is 1. The molecule has 0 bridgehead atoms. The van der Waals surface area contributed by atoms with Gasteiger partial charge < -0.3 is 9.47 Å². The molecule has 1 heterocycles. The van der Waals surface area contributed by atoms with Gasteiger partial charge in [-0.05, 0) is 19.3 Å². The van der Waals surface area contributed by atoms with Gasteiger partial charge in [-0.1, -0.05) is 24.8 Å². The highest BCUT2D eigenvalue weighted by Gasteiger charge is 2.14. The predicted octanol–water partition coefficient (Wildman–Crippen LogP) is 2.27. The third kappa shape index (κ3) is 3.69. The first kappa shape index (κ1) is 9.49. The van der Waals surface area contributed by atoms with Crippen LogP contribution in [0.4, 0.5) is 0 Å². The minimum atomic E-state index is 0.0575. The van der Waals surface area contributed by atoms with Crippen molar-refractivity contribution in [1.82, 2.24) is 0 Å². The molecule has 0 spiro atoms. The fourth-order valence-corrected chi connectivity index (χ4v) is 1.17. The van der Waals surface area contributed by atoms with Crippen LogP contribution >= 0.6 is 0 Å². The summed E-state index contributed by atoms with van der Waals surface area (Å²) in [7, 11) is 0. The van der Waals surface area contributed by atoms with Gasteiger partial charge >= 0.3 is 0 Å². The van der Waals surface area contributed by atoms with Crippen molar-refractivity contribution >= 4 is 0 Å². The lowest BCUT2D eigenvalue weighted by Gasteiger charge is -2.06. The Balaban J connectivity index is 1.94. The Kier molecular flexibility index (Phi) is 4.73. The average molecular weight is 168 g/mol. The molecule has 0 aromatic carbocycles. The molecule has 1 aliphatic rings. The van der Waals surface area contributed by atoms with Crippen LogP contribution in [0.2, 0.25) is 0 Å². The first-order chi connectivity index (χ1) is 5.93. The van der Waals surface area contributed by atoms with Crippen LogP contribution in [0.5, 0.6) is 0 Å². The summed E-state index contributed by atoms with van der Waals surface area (Å²) in [6.45, 7) is 5.11. The molecule has 12 heavy (non-hydrogen) atoms. The second kappa shape index (κ2) is 5.98. The first-order valence-corrected chi connectivity index (χ1v) is 4.44. The minimum absolute atomic E-state index is 0.0575. The maximum atomic E-state index is 5.29. The molecule has 1 fully saturated rings. The van der Waals surface area contributed by atoms with Crippen LogP contribution in [0.1, 0.15) is 19.3 Å². The zero-order valence-corrected chi connectivity index (χ0v) is 7.37. The fourth-order valence-electron chi connectivity index (χ4n) is 1.17. The molecule has 1 saturated heterocycles. The lowest BCUT2D eigenvalue weighted by molar-refractivity contribution is -0.0474. The van der Waals surface area contributed by atoms with Crippen LogP contribution in [-0.2, 0) is 9.47 Å². The van der Waals surface area contributed by atoms with Gasteiger partial charge in [0.25, 0.3) is 0 Å². The summed E-state index contributed by atoms with van der Waals surface area (Å²) in [6.07, 6.45) is 9.13. The summed E-state index contributed by atoms with van der Waals surface area (Å²) >= 11 is 0. The number of hydrogen-bond acceptors (Lipinski definition) is 2. The molecule has 2 nitrogen and oxygen atoms in total. The number of hydrogen-bond donors (Lipinski definition) is 0. The Morgan fingerprint density at radius 2 is 2.08 bits per heavy atom. The van der Waals surface area contributed by atoms with Gasteiger partial charge in [-0.25, -0.2) is 0 Å². The second-order valence-electron chi connectivity index (χ2n) is 2.77. The molecule has 1 aliphatic heterocycles. The van der Waals surface area contributed by atoms with Crippen LogP contribution in [0, 0.1) is 0 Å². The SMILES string of the molecule is C=C/C=C/CCCC1OCCO1. The molecule has 0 amide bonds. The standard InChI is InChI=1S/C10H16O2/c1-2-3-4-5-6-7-10-11-8-9-12-10/h2-4,10H,1,5-9H2/b4-3+. The molecular weight excluding hydrogens is 152 g/mol. The van der Waals surface area contributed by atoms with E-state index in [0.29, 0.717) is 0 Å². The Morgan fingerprint density at radius 1 is 1.33 bits per heavy atom. The van der Waals surface area contributed by atoms with E-state index < -0.39 is 0 Å². The van der Waals surface area contributed by atoms with E-state index in [1.54, 1.807) is 6.08 Å². The number of allylic oxidation sites excluding steroid dienone is 3. The van der Waals surface area contributed by atoms with E-state index in [9.17, 15) is 0 Å². The summed E-state index contributed by atoms with van der Waals surface area (Å²) in [4.78, 5) is 0. The third-order valence-electron chi connectivity index (χ3n) is 1.77. The van der Waals surface area contributed by atoms with E-state index in [2.05, 4.69) is 12.7 Å². The molecule has 0 aliphatic carbocycles. The molecule has 0 radical (unpaired) electrons. The van der Waals surface area contributed by atoms with E-state index >= 15 is 0 Å². The topological polar surface area (TPSA) is 18.5 Å². The van der Waals surface area contributed by atoms with Gasteiger partial charge in [-0.2, -0.15) is 0 Å². The molecule has 0 aromatic rings. The number of ether oxygens (including phenoxy) is 2. The van der Waals surface area contributed by atoms with Gasteiger partial charge in [0.2, 0.25) is 0 Å². The average Bonchev–Trinajstić information content (AvgIpc) is 2.57. The minimum Gasteiger partial charge on any atom is -0.350 e. The summed E-state index contributed by atoms with van der Waals surface area (Å²) in [6, 6.07) is 0. The maximum absolute atomic E-state index is 5.29. The Hall–Kier alpha value is -0.600.